The summed E-state index contributed by atoms with van der Waals surface area (Å²) in [6, 6.07) is 0. The van der Waals surface area contributed by atoms with Gasteiger partial charge in [0.25, 0.3) is 0 Å². The first-order valence-corrected chi connectivity index (χ1v) is 5.91. The van der Waals surface area contributed by atoms with Crippen molar-refractivity contribution in [3.63, 3.8) is 0 Å². The molecule has 4 heteroatoms. The van der Waals surface area contributed by atoms with E-state index in [1.54, 1.807) is 0 Å². The van der Waals surface area contributed by atoms with Gasteiger partial charge in [0, 0.05) is 19.7 Å². The first-order valence-electron chi connectivity index (χ1n) is 5.91. The van der Waals surface area contributed by atoms with E-state index in [1.165, 1.54) is 0 Å². The second kappa shape index (κ2) is 7.63. The van der Waals surface area contributed by atoms with E-state index in [1.807, 2.05) is 13.8 Å². The summed E-state index contributed by atoms with van der Waals surface area (Å²) in [5.41, 5.74) is 0.0587. The molecule has 0 saturated heterocycles. The molecule has 16 heavy (non-hydrogen) atoms. The van der Waals surface area contributed by atoms with Crippen LogP contribution in [0.2, 0.25) is 0 Å². The Morgan fingerprint density at radius 3 is 2.62 bits per heavy atom. The third kappa shape index (κ3) is 6.80. The molecule has 4 nitrogen and oxygen atoms in total. The third-order valence-electron chi connectivity index (χ3n) is 2.53. The van der Waals surface area contributed by atoms with E-state index >= 15 is 0 Å². The average Bonchev–Trinajstić information content (AvgIpc) is 2.17. The minimum Gasteiger partial charge on any atom is -0.466 e. The van der Waals surface area contributed by atoms with Crippen molar-refractivity contribution >= 4 is 5.97 Å². The van der Waals surface area contributed by atoms with Crippen molar-refractivity contribution in [3.05, 3.63) is 0 Å². The van der Waals surface area contributed by atoms with E-state index < -0.39 is 0 Å². The third-order valence-corrected chi connectivity index (χ3v) is 2.53. The van der Waals surface area contributed by atoms with Crippen LogP contribution in [0.5, 0.6) is 0 Å². The lowest BCUT2D eigenvalue weighted by molar-refractivity contribution is -0.147. The summed E-state index contributed by atoms with van der Waals surface area (Å²) in [5, 5.41) is 12.1. The van der Waals surface area contributed by atoms with Crippen molar-refractivity contribution in [2.45, 2.75) is 34.1 Å². The molecule has 2 N–H and O–H groups in total. The van der Waals surface area contributed by atoms with Crippen molar-refractivity contribution in [1.29, 1.82) is 0 Å². The highest BCUT2D eigenvalue weighted by atomic mass is 16.5. The molecule has 0 aliphatic heterocycles. The predicted octanol–water partition coefficient (Wildman–Crippen LogP) is 1.18. The summed E-state index contributed by atoms with van der Waals surface area (Å²) >= 11 is 0. The first kappa shape index (κ1) is 15.4. The molecule has 0 aliphatic rings. The van der Waals surface area contributed by atoms with Crippen molar-refractivity contribution in [1.82, 2.24) is 5.32 Å². The first-order chi connectivity index (χ1) is 7.43. The lowest BCUT2D eigenvalue weighted by atomic mass is 9.89. The molecular weight excluding hydrogens is 206 g/mol. The van der Waals surface area contributed by atoms with Gasteiger partial charge in [-0.15, -0.1) is 0 Å². The molecule has 0 aromatic rings. The van der Waals surface area contributed by atoms with Crippen LogP contribution in [-0.2, 0) is 9.53 Å². The van der Waals surface area contributed by atoms with Gasteiger partial charge in [-0.2, -0.15) is 0 Å². The van der Waals surface area contributed by atoms with Crippen LogP contribution >= 0.6 is 0 Å². The van der Waals surface area contributed by atoms with Crippen LogP contribution in [0.1, 0.15) is 34.1 Å². The Labute approximate surface area is 98.4 Å². The molecule has 0 radical (unpaired) electrons. The van der Waals surface area contributed by atoms with Crippen molar-refractivity contribution in [2.24, 2.45) is 11.3 Å². The molecule has 1 unspecified atom stereocenters. The van der Waals surface area contributed by atoms with Crippen LogP contribution in [0.3, 0.4) is 0 Å². The zero-order valence-electron chi connectivity index (χ0n) is 10.9. The number of aliphatic hydroxyl groups excluding tert-OH is 1. The van der Waals surface area contributed by atoms with Crippen LogP contribution in [0.15, 0.2) is 0 Å². The van der Waals surface area contributed by atoms with Gasteiger partial charge in [0.1, 0.15) is 0 Å². The lowest BCUT2D eigenvalue weighted by Gasteiger charge is -2.24. The van der Waals surface area contributed by atoms with Crippen LogP contribution in [0, 0.1) is 11.3 Å². The number of hydrogen-bond acceptors (Lipinski definition) is 4. The van der Waals surface area contributed by atoms with Crippen LogP contribution < -0.4 is 5.32 Å². The topological polar surface area (TPSA) is 58.6 Å². The summed E-state index contributed by atoms with van der Waals surface area (Å²) in [5.74, 6) is -0.278. The summed E-state index contributed by atoms with van der Waals surface area (Å²) in [6.45, 7) is 9.87. The Kier molecular flexibility index (Phi) is 7.34. The van der Waals surface area contributed by atoms with Gasteiger partial charge in [0.2, 0.25) is 0 Å². The van der Waals surface area contributed by atoms with Gasteiger partial charge in [-0.05, 0) is 18.8 Å². The molecule has 0 rings (SSSR count). The molecule has 1 atom stereocenters. The molecule has 0 saturated carbocycles. The standard InChI is InChI=1S/C12H25NO3/c1-5-16-11(15)10(2)8-13-9-12(3,4)6-7-14/h10,13-14H,5-9H2,1-4H3. The summed E-state index contributed by atoms with van der Waals surface area (Å²) in [7, 11) is 0. The maximum Gasteiger partial charge on any atom is 0.309 e. The van der Waals surface area contributed by atoms with E-state index in [2.05, 4.69) is 19.2 Å². The summed E-state index contributed by atoms with van der Waals surface area (Å²) in [6.07, 6.45) is 0.758. The maximum atomic E-state index is 11.3. The SMILES string of the molecule is CCOC(=O)C(C)CNCC(C)(C)CCO. The minimum atomic E-state index is -0.157. The van der Waals surface area contributed by atoms with Crippen molar-refractivity contribution in [2.75, 3.05) is 26.3 Å². The predicted molar refractivity (Wildman–Crippen MR) is 64.2 cm³/mol. The zero-order valence-corrected chi connectivity index (χ0v) is 10.9. The molecule has 0 bridgehead atoms. The highest BCUT2D eigenvalue weighted by Crippen LogP contribution is 2.17. The Balaban J connectivity index is 3.76. The number of carbonyl (C=O) groups is 1. The largest absolute Gasteiger partial charge is 0.466 e. The molecule has 0 amide bonds. The Bertz CT molecular complexity index is 204. The average molecular weight is 231 g/mol. The zero-order chi connectivity index (χ0) is 12.6. The molecule has 0 fully saturated rings. The quantitative estimate of drug-likeness (QED) is 0.616. The maximum absolute atomic E-state index is 11.3. The second-order valence-electron chi connectivity index (χ2n) is 4.92. The second-order valence-corrected chi connectivity index (χ2v) is 4.92. The van der Waals surface area contributed by atoms with Gasteiger partial charge in [0.05, 0.1) is 12.5 Å². The minimum absolute atomic E-state index is 0.0587. The number of hydrogen-bond donors (Lipinski definition) is 2. The number of esters is 1. The van der Waals surface area contributed by atoms with E-state index in [4.69, 9.17) is 9.84 Å². The molecule has 96 valence electrons. The van der Waals surface area contributed by atoms with Gasteiger partial charge in [-0.3, -0.25) is 4.79 Å². The van der Waals surface area contributed by atoms with Gasteiger partial charge in [-0.25, -0.2) is 0 Å². The summed E-state index contributed by atoms with van der Waals surface area (Å²) < 4.78 is 4.91. The normalized spacial score (nSPS) is 13.6. The number of aliphatic hydroxyl groups is 1. The fraction of sp³-hybridized carbons (Fsp3) is 0.917. The monoisotopic (exact) mass is 231 g/mol. The number of ether oxygens (including phenoxy) is 1. The van der Waals surface area contributed by atoms with Crippen molar-refractivity contribution in [3.8, 4) is 0 Å². The van der Waals surface area contributed by atoms with E-state index in [0.29, 0.717) is 13.2 Å². The van der Waals surface area contributed by atoms with Gasteiger partial charge in [0.15, 0.2) is 0 Å². The van der Waals surface area contributed by atoms with Gasteiger partial charge in [-0.1, -0.05) is 20.8 Å². The lowest BCUT2D eigenvalue weighted by Crippen LogP contribution is -2.35. The molecular formula is C12H25NO3. The highest BCUT2D eigenvalue weighted by molar-refractivity contribution is 5.72. The molecule has 0 heterocycles. The van der Waals surface area contributed by atoms with Crippen molar-refractivity contribution < 1.29 is 14.6 Å². The highest BCUT2D eigenvalue weighted by Gasteiger charge is 2.18. The molecule has 0 aromatic carbocycles. The Morgan fingerprint density at radius 2 is 2.12 bits per heavy atom. The van der Waals surface area contributed by atoms with E-state index in [0.717, 1.165) is 13.0 Å². The number of carbonyl (C=O) groups excluding carboxylic acids is 1. The van der Waals surface area contributed by atoms with Crippen LogP contribution in [0.4, 0.5) is 0 Å². The van der Waals surface area contributed by atoms with Crippen LogP contribution in [-0.4, -0.2) is 37.4 Å². The van der Waals surface area contributed by atoms with Gasteiger partial charge >= 0.3 is 5.97 Å². The Hall–Kier alpha value is -0.610. The number of rotatable bonds is 8. The number of nitrogens with one attached hydrogen (secondary N) is 1. The van der Waals surface area contributed by atoms with Gasteiger partial charge < -0.3 is 15.2 Å². The van der Waals surface area contributed by atoms with E-state index in [-0.39, 0.29) is 23.9 Å². The fourth-order valence-corrected chi connectivity index (χ4v) is 1.39. The molecule has 0 aliphatic carbocycles. The molecule has 0 spiro atoms. The Morgan fingerprint density at radius 1 is 1.50 bits per heavy atom. The van der Waals surface area contributed by atoms with E-state index in [9.17, 15) is 4.79 Å². The molecule has 0 aromatic heterocycles. The van der Waals surface area contributed by atoms with Crippen LogP contribution in [0.25, 0.3) is 0 Å². The fourth-order valence-electron chi connectivity index (χ4n) is 1.39. The smallest absolute Gasteiger partial charge is 0.309 e. The summed E-state index contributed by atoms with van der Waals surface area (Å²) in [4.78, 5) is 11.3.